The standard InChI is InChI=1S/C21H23N7O2/c1-4-28-22-11-18(27-28)15-6-5-7-16(12(15)2)23-17-10-19(24-21(30)14-8-9-14)25-26-20(17)13(3)29/h5-7,10-11,14H,4,8-9H2,1-3H3,(H2,23,24,25,30). The van der Waals surface area contributed by atoms with E-state index in [1.165, 1.54) is 6.92 Å². The van der Waals surface area contributed by atoms with Gasteiger partial charge in [-0.1, -0.05) is 12.1 Å². The maximum Gasteiger partial charge on any atom is 0.228 e. The lowest BCUT2D eigenvalue weighted by atomic mass is 10.0. The van der Waals surface area contributed by atoms with Gasteiger partial charge in [0.2, 0.25) is 5.91 Å². The zero-order valence-electron chi connectivity index (χ0n) is 17.1. The van der Waals surface area contributed by atoms with Gasteiger partial charge in [0, 0.05) is 30.2 Å². The molecule has 0 saturated heterocycles. The highest BCUT2D eigenvalue weighted by Gasteiger charge is 2.30. The predicted octanol–water partition coefficient (Wildman–Crippen LogP) is 3.36. The van der Waals surface area contributed by atoms with E-state index < -0.39 is 0 Å². The summed E-state index contributed by atoms with van der Waals surface area (Å²) >= 11 is 0. The van der Waals surface area contributed by atoms with Crippen molar-refractivity contribution in [1.82, 2.24) is 25.2 Å². The highest BCUT2D eigenvalue weighted by molar-refractivity contribution is 5.99. The summed E-state index contributed by atoms with van der Waals surface area (Å²) in [5.41, 5.74) is 4.16. The first kappa shape index (κ1) is 19.7. The second kappa shape index (κ2) is 8.02. The number of amides is 1. The number of hydrogen-bond donors (Lipinski definition) is 2. The van der Waals surface area contributed by atoms with E-state index in [9.17, 15) is 9.59 Å². The normalized spacial score (nSPS) is 13.2. The summed E-state index contributed by atoms with van der Waals surface area (Å²) in [7, 11) is 0. The molecule has 4 rings (SSSR count). The number of aryl methyl sites for hydroxylation is 1. The molecule has 2 heterocycles. The molecule has 3 aromatic rings. The molecule has 0 spiro atoms. The molecule has 154 valence electrons. The summed E-state index contributed by atoms with van der Waals surface area (Å²) in [5.74, 6) is 0.0815. The van der Waals surface area contributed by atoms with Gasteiger partial charge in [-0.05, 0) is 38.3 Å². The van der Waals surface area contributed by atoms with Gasteiger partial charge in [0.05, 0.1) is 18.4 Å². The van der Waals surface area contributed by atoms with Gasteiger partial charge in [-0.25, -0.2) is 0 Å². The Hall–Kier alpha value is -3.62. The minimum absolute atomic E-state index is 0.0474. The van der Waals surface area contributed by atoms with E-state index in [4.69, 9.17) is 0 Å². The van der Waals surface area contributed by atoms with Crippen LogP contribution in [-0.2, 0) is 11.3 Å². The number of benzene rings is 1. The van der Waals surface area contributed by atoms with Crippen LogP contribution in [0, 0.1) is 12.8 Å². The Bertz CT molecular complexity index is 1120. The number of ketones is 1. The lowest BCUT2D eigenvalue weighted by Crippen LogP contribution is -2.16. The molecule has 1 aliphatic carbocycles. The average molecular weight is 405 g/mol. The van der Waals surface area contributed by atoms with Gasteiger partial charge in [0.1, 0.15) is 5.69 Å². The van der Waals surface area contributed by atoms with Crippen LogP contribution < -0.4 is 10.6 Å². The van der Waals surface area contributed by atoms with Crippen LogP contribution in [0.1, 0.15) is 42.7 Å². The summed E-state index contributed by atoms with van der Waals surface area (Å²) in [5, 5.41) is 22.8. The highest BCUT2D eigenvalue weighted by Crippen LogP contribution is 2.32. The summed E-state index contributed by atoms with van der Waals surface area (Å²) in [6.45, 7) is 6.08. The largest absolute Gasteiger partial charge is 0.353 e. The average Bonchev–Trinajstić information content (AvgIpc) is 3.47. The molecule has 1 amide bonds. The fraction of sp³-hybridized carbons (Fsp3) is 0.333. The fourth-order valence-electron chi connectivity index (χ4n) is 3.15. The maximum atomic E-state index is 12.1. The van der Waals surface area contributed by atoms with Crippen LogP contribution in [0.4, 0.5) is 17.2 Å². The number of carbonyl (C=O) groups is 2. The van der Waals surface area contributed by atoms with Crippen molar-refractivity contribution in [2.24, 2.45) is 5.92 Å². The third-order valence-corrected chi connectivity index (χ3v) is 5.03. The van der Waals surface area contributed by atoms with Crippen LogP contribution in [0.5, 0.6) is 0 Å². The Labute approximate surface area is 173 Å². The molecule has 1 aliphatic rings. The number of nitrogens with zero attached hydrogens (tertiary/aromatic N) is 5. The maximum absolute atomic E-state index is 12.1. The molecule has 9 nitrogen and oxygen atoms in total. The van der Waals surface area contributed by atoms with Crippen molar-refractivity contribution < 1.29 is 9.59 Å². The Kier molecular flexibility index (Phi) is 5.26. The summed E-state index contributed by atoms with van der Waals surface area (Å²) in [4.78, 5) is 25.8. The van der Waals surface area contributed by atoms with Crippen molar-refractivity contribution in [3.8, 4) is 11.3 Å². The second-order valence-corrected chi connectivity index (χ2v) is 7.33. The SMILES string of the molecule is CCn1ncc(-c2cccc(Nc3cc(NC(=O)C4CC4)nnc3C(C)=O)c2C)n1. The van der Waals surface area contributed by atoms with Gasteiger partial charge < -0.3 is 10.6 Å². The van der Waals surface area contributed by atoms with Gasteiger partial charge >= 0.3 is 0 Å². The zero-order valence-corrected chi connectivity index (χ0v) is 17.1. The molecule has 1 saturated carbocycles. The molecule has 1 fully saturated rings. The molecular weight excluding hydrogens is 382 g/mol. The number of anilines is 3. The summed E-state index contributed by atoms with van der Waals surface area (Å²) in [6.07, 6.45) is 3.52. The molecule has 0 radical (unpaired) electrons. The van der Waals surface area contributed by atoms with Crippen molar-refractivity contribution in [1.29, 1.82) is 0 Å². The topological polar surface area (TPSA) is 115 Å². The molecule has 0 unspecified atom stereocenters. The van der Waals surface area contributed by atoms with Crippen LogP contribution in [0.15, 0.2) is 30.5 Å². The van der Waals surface area contributed by atoms with Crippen molar-refractivity contribution >= 4 is 28.9 Å². The van der Waals surface area contributed by atoms with Crippen molar-refractivity contribution in [3.05, 3.63) is 41.7 Å². The van der Waals surface area contributed by atoms with E-state index in [1.54, 1.807) is 17.1 Å². The first-order chi connectivity index (χ1) is 14.5. The van der Waals surface area contributed by atoms with E-state index >= 15 is 0 Å². The molecule has 0 bridgehead atoms. The monoisotopic (exact) mass is 405 g/mol. The van der Waals surface area contributed by atoms with E-state index in [0.29, 0.717) is 18.1 Å². The van der Waals surface area contributed by atoms with Crippen LogP contribution in [0.2, 0.25) is 0 Å². The van der Waals surface area contributed by atoms with Gasteiger partial charge in [-0.2, -0.15) is 15.0 Å². The number of carbonyl (C=O) groups excluding carboxylic acids is 2. The van der Waals surface area contributed by atoms with Gasteiger partial charge in [0.15, 0.2) is 17.3 Å². The summed E-state index contributed by atoms with van der Waals surface area (Å²) < 4.78 is 0. The molecular formula is C21H23N7O2. The smallest absolute Gasteiger partial charge is 0.228 e. The quantitative estimate of drug-likeness (QED) is 0.579. The Balaban J connectivity index is 1.66. The van der Waals surface area contributed by atoms with E-state index in [2.05, 4.69) is 31.0 Å². The van der Waals surface area contributed by atoms with Gasteiger partial charge in [-0.15, -0.1) is 10.2 Å². The predicted molar refractivity (Wildman–Crippen MR) is 113 cm³/mol. The van der Waals surface area contributed by atoms with Crippen molar-refractivity contribution in [2.75, 3.05) is 10.6 Å². The molecule has 0 atom stereocenters. The number of nitrogens with one attached hydrogen (secondary N) is 2. The first-order valence-corrected chi connectivity index (χ1v) is 9.93. The van der Waals surface area contributed by atoms with Crippen LogP contribution in [-0.4, -0.2) is 36.9 Å². The fourth-order valence-corrected chi connectivity index (χ4v) is 3.15. The van der Waals surface area contributed by atoms with Crippen molar-refractivity contribution in [3.63, 3.8) is 0 Å². The van der Waals surface area contributed by atoms with E-state index in [1.807, 2.05) is 32.0 Å². The van der Waals surface area contributed by atoms with Crippen LogP contribution >= 0.6 is 0 Å². The van der Waals surface area contributed by atoms with Crippen LogP contribution in [0.25, 0.3) is 11.3 Å². The number of rotatable bonds is 7. The number of hydrogen-bond acceptors (Lipinski definition) is 7. The molecule has 0 aliphatic heterocycles. The van der Waals surface area contributed by atoms with E-state index in [-0.39, 0.29) is 23.3 Å². The minimum atomic E-state index is -0.218. The highest BCUT2D eigenvalue weighted by atomic mass is 16.2. The molecule has 1 aromatic carbocycles. The second-order valence-electron chi connectivity index (χ2n) is 7.33. The Morgan fingerprint density at radius 1 is 1.20 bits per heavy atom. The first-order valence-electron chi connectivity index (χ1n) is 9.93. The number of aromatic nitrogens is 5. The molecule has 2 aromatic heterocycles. The lowest BCUT2D eigenvalue weighted by molar-refractivity contribution is -0.117. The Morgan fingerprint density at radius 3 is 2.67 bits per heavy atom. The van der Waals surface area contributed by atoms with E-state index in [0.717, 1.165) is 35.3 Å². The zero-order chi connectivity index (χ0) is 21.3. The number of Topliss-reactive ketones (excluding diaryl/α,β-unsaturated/α-hetero) is 1. The Morgan fingerprint density at radius 2 is 2.00 bits per heavy atom. The van der Waals surface area contributed by atoms with Crippen molar-refractivity contribution in [2.45, 2.75) is 40.2 Å². The van der Waals surface area contributed by atoms with Crippen LogP contribution in [0.3, 0.4) is 0 Å². The molecule has 2 N–H and O–H groups in total. The molecule has 30 heavy (non-hydrogen) atoms. The lowest BCUT2D eigenvalue weighted by Gasteiger charge is -2.15. The third-order valence-electron chi connectivity index (χ3n) is 5.03. The minimum Gasteiger partial charge on any atom is -0.353 e. The molecule has 9 heteroatoms. The van der Waals surface area contributed by atoms with Gasteiger partial charge in [0.25, 0.3) is 0 Å². The third kappa shape index (κ3) is 4.05. The van der Waals surface area contributed by atoms with Gasteiger partial charge in [-0.3, -0.25) is 9.59 Å². The summed E-state index contributed by atoms with van der Waals surface area (Å²) in [6, 6.07) is 7.44.